The second-order valence-corrected chi connectivity index (χ2v) is 4.48. The summed E-state index contributed by atoms with van der Waals surface area (Å²) in [6, 6.07) is 0. The largest absolute Gasteiger partial charge is 0.469 e. The van der Waals surface area contributed by atoms with Gasteiger partial charge in [-0.1, -0.05) is 13.8 Å². The first-order valence-electron chi connectivity index (χ1n) is 5.00. The lowest BCUT2D eigenvalue weighted by atomic mass is 9.98. The van der Waals surface area contributed by atoms with Gasteiger partial charge in [0.05, 0.1) is 19.1 Å². The zero-order valence-corrected chi connectivity index (χ0v) is 9.97. The molecule has 2 unspecified atom stereocenters. The Morgan fingerprint density at radius 1 is 1.50 bits per heavy atom. The monoisotopic (exact) mass is 220 g/mol. The Morgan fingerprint density at radius 3 is 2.57 bits per heavy atom. The maximum absolute atomic E-state index is 11.2. The summed E-state index contributed by atoms with van der Waals surface area (Å²) in [6.45, 7) is 3.96. The molecule has 0 saturated carbocycles. The van der Waals surface area contributed by atoms with Gasteiger partial charge in [-0.15, -0.1) is 0 Å². The molecule has 2 atom stereocenters. The molecule has 0 bridgehead atoms. The first-order valence-corrected chi connectivity index (χ1v) is 6.16. The van der Waals surface area contributed by atoms with Crippen LogP contribution in [0.2, 0.25) is 0 Å². The number of hydrogen-bond donors (Lipinski definition) is 1. The number of thioether (sulfide) groups is 1. The smallest absolute Gasteiger partial charge is 0.311 e. The minimum Gasteiger partial charge on any atom is -0.469 e. The van der Waals surface area contributed by atoms with E-state index >= 15 is 0 Å². The zero-order chi connectivity index (χ0) is 11.0. The van der Waals surface area contributed by atoms with Gasteiger partial charge in [0.25, 0.3) is 0 Å². The number of aliphatic hydroxyl groups excluding tert-OH is 1. The summed E-state index contributed by atoms with van der Waals surface area (Å²) in [4.78, 5) is 11.2. The van der Waals surface area contributed by atoms with Gasteiger partial charge in [-0.2, -0.15) is 11.8 Å². The van der Waals surface area contributed by atoms with Crippen LogP contribution in [-0.4, -0.2) is 35.8 Å². The highest BCUT2D eigenvalue weighted by Gasteiger charge is 2.25. The molecule has 0 spiro atoms. The van der Waals surface area contributed by atoms with Gasteiger partial charge in [0.2, 0.25) is 0 Å². The maximum Gasteiger partial charge on any atom is 0.311 e. The standard InChI is InChI=1S/C10H20O3S/c1-4-8(10(12)13-3)9(11)6-7-14-5-2/h8-9,11H,4-7H2,1-3H3. The highest BCUT2D eigenvalue weighted by molar-refractivity contribution is 7.99. The van der Waals surface area contributed by atoms with Crippen LogP contribution in [0, 0.1) is 5.92 Å². The second-order valence-electron chi connectivity index (χ2n) is 3.09. The lowest BCUT2D eigenvalue weighted by Gasteiger charge is -2.18. The molecule has 0 heterocycles. The van der Waals surface area contributed by atoms with Crippen LogP contribution in [0.15, 0.2) is 0 Å². The fourth-order valence-electron chi connectivity index (χ4n) is 1.30. The highest BCUT2D eigenvalue weighted by atomic mass is 32.2. The van der Waals surface area contributed by atoms with E-state index in [-0.39, 0.29) is 11.9 Å². The zero-order valence-electron chi connectivity index (χ0n) is 9.16. The average Bonchev–Trinajstić information content (AvgIpc) is 2.19. The molecule has 84 valence electrons. The molecule has 0 radical (unpaired) electrons. The molecule has 0 rings (SSSR count). The van der Waals surface area contributed by atoms with Crippen molar-refractivity contribution in [2.75, 3.05) is 18.6 Å². The molecular weight excluding hydrogens is 200 g/mol. The van der Waals surface area contributed by atoms with Crippen LogP contribution in [0.1, 0.15) is 26.7 Å². The topological polar surface area (TPSA) is 46.5 Å². The van der Waals surface area contributed by atoms with E-state index in [0.29, 0.717) is 12.8 Å². The van der Waals surface area contributed by atoms with E-state index in [1.54, 1.807) is 11.8 Å². The molecule has 3 nitrogen and oxygen atoms in total. The molecule has 0 aromatic carbocycles. The number of esters is 1. The van der Waals surface area contributed by atoms with Gasteiger partial charge in [-0.3, -0.25) is 4.79 Å². The Hall–Kier alpha value is -0.220. The molecule has 14 heavy (non-hydrogen) atoms. The van der Waals surface area contributed by atoms with Crippen molar-refractivity contribution < 1.29 is 14.6 Å². The molecule has 0 aromatic rings. The van der Waals surface area contributed by atoms with Crippen molar-refractivity contribution in [3.05, 3.63) is 0 Å². The average molecular weight is 220 g/mol. The van der Waals surface area contributed by atoms with E-state index in [1.165, 1.54) is 7.11 Å². The van der Waals surface area contributed by atoms with Crippen molar-refractivity contribution in [2.45, 2.75) is 32.8 Å². The molecule has 0 fully saturated rings. The number of aliphatic hydroxyl groups is 1. The Morgan fingerprint density at radius 2 is 2.14 bits per heavy atom. The second kappa shape index (κ2) is 8.12. The van der Waals surface area contributed by atoms with Crippen molar-refractivity contribution >= 4 is 17.7 Å². The van der Waals surface area contributed by atoms with Crippen LogP contribution >= 0.6 is 11.8 Å². The fourth-order valence-corrected chi connectivity index (χ4v) is 1.99. The maximum atomic E-state index is 11.2. The third-order valence-electron chi connectivity index (χ3n) is 2.17. The van der Waals surface area contributed by atoms with Gasteiger partial charge in [-0.05, 0) is 24.3 Å². The van der Waals surface area contributed by atoms with E-state index in [1.807, 2.05) is 6.92 Å². The molecule has 4 heteroatoms. The molecule has 0 aliphatic carbocycles. The molecule has 0 amide bonds. The molecule has 0 aromatic heterocycles. The van der Waals surface area contributed by atoms with E-state index in [4.69, 9.17) is 0 Å². The van der Waals surface area contributed by atoms with Crippen LogP contribution in [0.3, 0.4) is 0 Å². The van der Waals surface area contributed by atoms with Crippen molar-refractivity contribution in [3.8, 4) is 0 Å². The summed E-state index contributed by atoms with van der Waals surface area (Å²) in [5, 5.41) is 9.72. The van der Waals surface area contributed by atoms with E-state index < -0.39 is 6.10 Å². The minimum absolute atomic E-state index is 0.304. The lowest BCUT2D eigenvalue weighted by Crippen LogP contribution is -2.29. The third-order valence-corrected chi connectivity index (χ3v) is 3.10. The molecule has 0 aliphatic heterocycles. The van der Waals surface area contributed by atoms with Crippen molar-refractivity contribution in [2.24, 2.45) is 5.92 Å². The number of carbonyl (C=O) groups is 1. The Balaban J connectivity index is 3.91. The summed E-state index contributed by atoms with van der Waals surface area (Å²) in [5.41, 5.74) is 0. The highest BCUT2D eigenvalue weighted by Crippen LogP contribution is 2.16. The molecule has 0 saturated heterocycles. The molecule has 0 aliphatic rings. The van der Waals surface area contributed by atoms with Crippen LogP contribution in [0.25, 0.3) is 0 Å². The van der Waals surface area contributed by atoms with E-state index in [2.05, 4.69) is 11.7 Å². The van der Waals surface area contributed by atoms with Crippen LogP contribution in [-0.2, 0) is 9.53 Å². The number of methoxy groups -OCH3 is 1. The van der Waals surface area contributed by atoms with Crippen LogP contribution < -0.4 is 0 Å². The normalized spacial score (nSPS) is 14.9. The SMILES string of the molecule is CCSCCC(O)C(CC)C(=O)OC. The Bertz CT molecular complexity index is 161. The minimum atomic E-state index is -0.563. The Labute approximate surface area is 90.2 Å². The first-order chi connectivity index (χ1) is 6.67. The summed E-state index contributed by atoms with van der Waals surface area (Å²) < 4.78 is 4.62. The summed E-state index contributed by atoms with van der Waals surface area (Å²) >= 11 is 1.77. The Kier molecular flexibility index (Phi) is 7.99. The van der Waals surface area contributed by atoms with E-state index in [0.717, 1.165) is 11.5 Å². The molecular formula is C10H20O3S. The third kappa shape index (κ3) is 4.86. The fraction of sp³-hybridized carbons (Fsp3) is 0.900. The summed E-state index contributed by atoms with van der Waals surface area (Å²) in [7, 11) is 1.36. The van der Waals surface area contributed by atoms with Gasteiger partial charge >= 0.3 is 5.97 Å². The summed E-state index contributed by atoms with van der Waals surface area (Å²) in [5.74, 6) is 1.27. The van der Waals surface area contributed by atoms with Gasteiger partial charge in [0, 0.05) is 0 Å². The van der Waals surface area contributed by atoms with Crippen molar-refractivity contribution in [3.63, 3.8) is 0 Å². The summed E-state index contributed by atoms with van der Waals surface area (Å²) in [6.07, 6.45) is 0.725. The van der Waals surface area contributed by atoms with Gasteiger partial charge in [-0.25, -0.2) is 0 Å². The quantitative estimate of drug-likeness (QED) is 0.524. The van der Waals surface area contributed by atoms with Crippen LogP contribution in [0.4, 0.5) is 0 Å². The first kappa shape index (κ1) is 13.8. The number of rotatable bonds is 7. The van der Waals surface area contributed by atoms with Crippen LogP contribution in [0.5, 0.6) is 0 Å². The van der Waals surface area contributed by atoms with Gasteiger partial charge < -0.3 is 9.84 Å². The van der Waals surface area contributed by atoms with Gasteiger partial charge in [0.1, 0.15) is 0 Å². The predicted octanol–water partition coefficient (Wildman–Crippen LogP) is 1.69. The lowest BCUT2D eigenvalue weighted by molar-refractivity contribution is -0.149. The van der Waals surface area contributed by atoms with Gasteiger partial charge in [0.15, 0.2) is 0 Å². The van der Waals surface area contributed by atoms with Crippen molar-refractivity contribution in [1.29, 1.82) is 0 Å². The predicted molar refractivity (Wildman–Crippen MR) is 59.4 cm³/mol. The number of hydrogen-bond acceptors (Lipinski definition) is 4. The number of ether oxygens (including phenoxy) is 1. The van der Waals surface area contributed by atoms with E-state index in [9.17, 15) is 9.90 Å². The number of carbonyl (C=O) groups excluding carboxylic acids is 1. The van der Waals surface area contributed by atoms with Crippen molar-refractivity contribution in [1.82, 2.24) is 0 Å². The molecule has 1 N–H and O–H groups in total.